The highest BCUT2D eigenvalue weighted by Gasteiger charge is 2.24. The lowest BCUT2D eigenvalue weighted by atomic mass is 9.95. The Bertz CT molecular complexity index is 413. The lowest BCUT2D eigenvalue weighted by molar-refractivity contribution is 0.387. The average Bonchev–Trinajstić information content (AvgIpc) is 3.24. The highest BCUT2D eigenvalue weighted by Crippen LogP contribution is 2.25. The van der Waals surface area contributed by atoms with Gasteiger partial charge in [-0.05, 0) is 50.7 Å². The predicted octanol–water partition coefficient (Wildman–Crippen LogP) is 2.35. The first-order valence-corrected chi connectivity index (χ1v) is 7.55. The van der Waals surface area contributed by atoms with E-state index in [-0.39, 0.29) is 0 Å². The number of anilines is 1. The van der Waals surface area contributed by atoms with Crippen LogP contribution in [-0.4, -0.2) is 28.8 Å². The van der Waals surface area contributed by atoms with E-state index < -0.39 is 0 Å². The zero-order valence-corrected chi connectivity index (χ0v) is 12.0. The molecule has 2 unspecified atom stereocenters. The maximum absolute atomic E-state index is 4.42. The molecule has 1 aliphatic heterocycles. The fraction of sp³-hybridized carbons (Fsp3) is 0.733. The van der Waals surface area contributed by atoms with Gasteiger partial charge in [0, 0.05) is 25.2 Å². The molecule has 4 nitrogen and oxygen atoms in total. The van der Waals surface area contributed by atoms with E-state index in [4.69, 9.17) is 0 Å². The van der Waals surface area contributed by atoms with Gasteiger partial charge in [-0.25, -0.2) is 0 Å². The predicted molar refractivity (Wildman–Crippen MR) is 77.1 cm³/mol. The van der Waals surface area contributed by atoms with Gasteiger partial charge in [0.25, 0.3) is 0 Å². The van der Waals surface area contributed by atoms with Crippen molar-refractivity contribution in [1.29, 1.82) is 0 Å². The second-order valence-corrected chi connectivity index (χ2v) is 6.22. The Hall–Kier alpha value is -1.16. The van der Waals surface area contributed by atoms with Crippen molar-refractivity contribution in [2.45, 2.75) is 58.2 Å². The third-order valence-corrected chi connectivity index (χ3v) is 4.27. The molecule has 19 heavy (non-hydrogen) atoms. The highest BCUT2D eigenvalue weighted by atomic mass is 15.3. The zero-order chi connectivity index (χ0) is 13.2. The first kappa shape index (κ1) is 12.9. The summed E-state index contributed by atoms with van der Waals surface area (Å²) in [5, 5.41) is 12.3. The van der Waals surface area contributed by atoms with Crippen molar-refractivity contribution in [2.75, 3.05) is 11.4 Å². The molecule has 1 saturated heterocycles. The number of nitrogens with one attached hydrogen (secondary N) is 1. The number of hydrogen-bond donors (Lipinski definition) is 1. The molecular formula is C15H24N4. The lowest BCUT2D eigenvalue weighted by Gasteiger charge is -2.37. The van der Waals surface area contributed by atoms with Gasteiger partial charge >= 0.3 is 0 Å². The Balaban J connectivity index is 1.63. The molecule has 2 fully saturated rings. The normalized spacial score (nSPS) is 27.6. The second-order valence-electron chi connectivity index (χ2n) is 6.22. The molecule has 1 aromatic heterocycles. The van der Waals surface area contributed by atoms with Crippen molar-refractivity contribution in [3.8, 4) is 0 Å². The van der Waals surface area contributed by atoms with Crippen LogP contribution in [-0.2, 0) is 6.54 Å². The van der Waals surface area contributed by atoms with E-state index in [2.05, 4.69) is 46.4 Å². The Labute approximate surface area is 115 Å². The number of hydrogen-bond acceptors (Lipinski definition) is 4. The van der Waals surface area contributed by atoms with Gasteiger partial charge in [0.1, 0.15) is 0 Å². The van der Waals surface area contributed by atoms with E-state index in [9.17, 15) is 0 Å². The van der Waals surface area contributed by atoms with Crippen LogP contribution in [0.1, 0.15) is 45.2 Å². The van der Waals surface area contributed by atoms with Gasteiger partial charge in [0.2, 0.25) is 0 Å². The average molecular weight is 260 g/mol. The van der Waals surface area contributed by atoms with Gasteiger partial charge in [-0.15, -0.1) is 5.10 Å². The summed E-state index contributed by atoms with van der Waals surface area (Å²) in [6, 6.07) is 5.56. The Morgan fingerprint density at radius 3 is 2.68 bits per heavy atom. The highest BCUT2D eigenvalue weighted by molar-refractivity contribution is 5.39. The van der Waals surface area contributed by atoms with E-state index in [1.54, 1.807) is 0 Å². The second kappa shape index (κ2) is 5.45. The Morgan fingerprint density at radius 2 is 2.00 bits per heavy atom. The quantitative estimate of drug-likeness (QED) is 0.902. The molecule has 0 spiro atoms. The minimum absolute atomic E-state index is 0.584. The third-order valence-electron chi connectivity index (χ3n) is 4.27. The van der Waals surface area contributed by atoms with Gasteiger partial charge in [-0.2, -0.15) is 5.10 Å². The van der Waals surface area contributed by atoms with Crippen LogP contribution in [0, 0.1) is 5.92 Å². The van der Waals surface area contributed by atoms with Crippen molar-refractivity contribution in [1.82, 2.24) is 15.5 Å². The first-order chi connectivity index (χ1) is 9.22. The van der Waals surface area contributed by atoms with Crippen LogP contribution < -0.4 is 10.2 Å². The maximum Gasteiger partial charge on any atom is 0.151 e. The summed E-state index contributed by atoms with van der Waals surface area (Å²) in [7, 11) is 0. The van der Waals surface area contributed by atoms with Gasteiger partial charge < -0.3 is 10.2 Å². The van der Waals surface area contributed by atoms with Gasteiger partial charge in [-0.1, -0.05) is 6.92 Å². The molecule has 0 bridgehead atoms. The van der Waals surface area contributed by atoms with Gasteiger partial charge in [0.05, 0.1) is 5.69 Å². The molecule has 2 atom stereocenters. The summed E-state index contributed by atoms with van der Waals surface area (Å²) in [6.45, 7) is 6.57. The summed E-state index contributed by atoms with van der Waals surface area (Å²) < 4.78 is 0. The first-order valence-electron chi connectivity index (χ1n) is 7.55. The van der Waals surface area contributed by atoms with E-state index in [0.717, 1.165) is 36.6 Å². The molecule has 104 valence electrons. The van der Waals surface area contributed by atoms with Crippen molar-refractivity contribution >= 4 is 5.82 Å². The molecule has 0 aromatic carbocycles. The van der Waals surface area contributed by atoms with Crippen LogP contribution in [0.2, 0.25) is 0 Å². The number of rotatable bonds is 4. The van der Waals surface area contributed by atoms with Crippen molar-refractivity contribution in [3.63, 3.8) is 0 Å². The van der Waals surface area contributed by atoms with Crippen LogP contribution in [0.3, 0.4) is 0 Å². The summed E-state index contributed by atoms with van der Waals surface area (Å²) in [6.07, 6.45) is 5.21. The molecule has 1 aromatic rings. The van der Waals surface area contributed by atoms with Crippen LogP contribution in [0.15, 0.2) is 12.1 Å². The summed E-state index contributed by atoms with van der Waals surface area (Å²) in [4.78, 5) is 2.40. The Morgan fingerprint density at radius 1 is 1.16 bits per heavy atom. The van der Waals surface area contributed by atoms with E-state index in [1.807, 2.05) is 0 Å². The fourth-order valence-electron chi connectivity index (χ4n) is 2.74. The van der Waals surface area contributed by atoms with Crippen LogP contribution in [0.5, 0.6) is 0 Å². The molecule has 1 aliphatic carbocycles. The van der Waals surface area contributed by atoms with E-state index in [1.165, 1.54) is 25.7 Å². The minimum atomic E-state index is 0.584. The Kier molecular flexibility index (Phi) is 3.69. The number of nitrogens with zero attached hydrogens (tertiary/aromatic N) is 3. The van der Waals surface area contributed by atoms with Gasteiger partial charge in [-0.3, -0.25) is 0 Å². The van der Waals surface area contributed by atoms with Crippen molar-refractivity contribution in [2.24, 2.45) is 5.92 Å². The maximum atomic E-state index is 4.42. The number of aromatic nitrogens is 2. The standard InChI is InChI=1S/C15H24N4/c1-11-3-4-12(2)19(10-11)15-8-7-14(17-18-15)9-16-13-5-6-13/h7-8,11-13,16H,3-6,9-10H2,1-2H3. The van der Waals surface area contributed by atoms with Crippen molar-refractivity contribution in [3.05, 3.63) is 17.8 Å². The summed E-state index contributed by atoms with van der Waals surface area (Å²) in [5.41, 5.74) is 1.05. The monoisotopic (exact) mass is 260 g/mol. The molecule has 0 amide bonds. The fourth-order valence-corrected chi connectivity index (χ4v) is 2.74. The smallest absolute Gasteiger partial charge is 0.151 e. The molecule has 4 heteroatoms. The third kappa shape index (κ3) is 3.24. The molecule has 1 N–H and O–H groups in total. The topological polar surface area (TPSA) is 41.0 Å². The molecule has 1 saturated carbocycles. The minimum Gasteiger partial charge on any atom is -0.352 e. The molecule has 2 aliphatic rings. The SMILES string of the molecule is CC1CCC(C)N(c2ccc(CNC3CC3)nn2)C1. The summed E-state index contributed by atoms with van der Waals surface area (Å²) >= 11 is 0. The largest absolute Gasteiger partial charge is 0.352 e. The molecule has 3 rings (SSSR count). The number of piperidine rings is 1. The van der Waals surface area contributed by atoms with E-state index >= 15 is 0 Å². The zero-order valence-electron chi connectivity index (χ0n) is 12.0. The van der Waals surface area contributed by atoms with Crippen LogP contribution in [0.4, 0.5) is 5.82 Å². The van der Waals surface area contributed by atoms with Crippen LogP contribution >= 0.6 is 0 Å². The molecule has 2 heterocycles. The molecule has 0 radical (unpaired) electrons. The van der Waals surface area contributed by atoms with Crippen LogP contribution in [0.25, 0.3) is 0 Å². The van der Waals surface area contributed by atoms with Crippen molar-refractivity contribution < 1.29 is 0 Å². The lowest BCUT2D eigenvalue weighted by Crippen LogP contribution is -2.41. The molecular weight excluding hydrogens is 236 g/mol. The summed E-state index contributed by atoms with van der Waals surface area (Å²) in [5.74, 6) is 1.79. The van der Waals surface area contributed by atoms with E-state index in [0.29, 0.717) is 6.04 Å². The van der Waals surface area contributed by atoms with Gasteiger partial charge in [0.15, 0.2) is 5.82 Å².